The second kappa shape index (κ2) is 8.80. The van der Waals surface area contributed by atoms with Crippen molar-refractivity contribution in [1.82, 2.24) is 9.47 Å². The molecule has 2 heterocycles. The summed E-state index contributed by atoms with van der Waals surface area (Å²) in [6.07, 6.45) is 2.07. The molecule has 33 heavy (non-hydrogen) atoms. The number of carbonyl (C=O) groups excluding carboxylic acids is 1. The number of anilines is 1. The first-order valence-electron chi connectivity index (χ1n) is 11.2. The molecule has 1 aliphatic heterocycles. The van der Waals surface area contributed by atoms with E-state index >= 15 is 0 Å². The van der Waals surface area contributed by atoms with Crippen LogP contribution in [-0.2, 0) is 6.54 Å². The van der Waals surface area contributed by atoms with Crippen molar-refractivity contribution in [2.75, 3.05) is 5.32 Å². The van der Waals surface area contributed by atoms with E-state index in [4.69, 9.17) is 11.6 Å². The summed E-state index contributed by atoms with van der Waals surface area (Å²) < 4.78 is 2.20. The Kier molecular flexibility index (Phi) is 5.69. The Labute approximate surface area is 199 Å². The topological polar surface area (TPSA) is 37.3 Å². The summed E-state index contributed by atoms with van der Waals surface area (Å²) in [7, 11) is 0. The maximum absolute atomic E-state index is 13.7. The summed E-state index contributed by atoms with van der Waals surface area (Å²) in [4.78, 5) is 15.6. The van der Waals surface area contributed by atoms with Crippen LogP contribution >= 0.6 is 11.6 Å². The average Bonchev–Trinajstić information content (AvgIpc) is 3.23. The van der Waals surface area contributed by atoms with Crippen molar-refractivity contribution >= 4 is 23.3 Å². The molecule has 5 heteroatoms. The van der Waals surface area contributed by atoms with Gasteiger partial charge in [-0.1, -0.05) is 74.0 Å². The van der Waals surface area contributed by atoms with Gasteiger partial charge < -0.3 is 14.8 Å². The van der Waals surface area contributed by atoms with E-state index in [9.17, 15) is 4.79 Å². The Balaban J connectivity index is 1.61. The number of urea groups is 1. The largest absolute Gasteiger partial charge is 0.322 e. The zero-order valence-corrected chi connectivity index (χ0v) is 19.5. The van der Waals surface area contributed by atoms with Crippen molar-refractivity contribution in [2.45, 2.75) is 32.4 Å². The van der Waals surface area contributed by atoms with Crippen molar-refractivity contribution in [1.29, 1.82) is 0 Å². The van der Waals surface area contributed by atoms with Crippen LogP contribution in [0, 0.1) is 0 Å². The van der Waals surface area contributed by atoms with Crippen molar-refractivity contribution < 1.29 is 4.79 Å². The Morgan fingerprint density at radius 1 is 0.970 bits per heavy atom. The first-order chi connectivity index (χ1) is 16.0. The quantitative estimate of drug-likeness (QED) is 0.343. The van der Waals surface area contributed by atoms with Gasteiger partial charge >= 0.3 is 6.03 Å². The van der Waals surface area contributed by atoms with Crippen LogP contribution < -0.4 is 5.32 Å². The Hall–Kier alpha value is -3.50. The Morgan fingerprint density at radius 3 is 2.52 bits per heavy atom. The van der Waals surface area contributed by atoms with Gasteiger partial charge in [0.1, 0.15) is 0 Å². The first kappa shape index (κ1) is 21.4. The fourth-order valence-corrected chi connectivity index (χ4v) is 4.71. The lowest BCUT2D eigenvalue weighted by molar-refractivity contribution is 0.194. The zero-order valence-electron chi connectivity index (χ0n) is 18.7. The van der Waals surface area contributed by atoms with Crippen molar-refractivity contribution in [3.63, 3.8) is 0 Å². The third-order valence-electron chi connectivity index (χ3n) is 6.22. The SMILES string of the molecule is CC(C)c1ccc([C@@H]2c3cccn3-c3ccccc3CN2C(=O)Nc2cccc(Cl)c2)cc1. The van der Waals surface area contributed by atoms with Crippen LogP contribution in [0.2, 0.25) is 5.02 Å². The predicted octanol–water partition coefficient (Wildman–Crippen LogP) is 7.39. The third-order valence-corrected chi connectivity index (χ3v) is 6.45. The summed E-state index contributed by atoms with van der Waals surface area (Å²) in [6, 6.07) is 27.9. The van der Waals surface area contributed by atoms with E-state index in [1.807, 2.05) is 35.2 Å². The normalized spacial score (nSPS) is 15.0. The van der Waals surface area contributed by atoms with Gasteiger partial charge in [0.15, 0.2) is 0 Å². The molecule has 166 valence electrons. The summed E-state index contributed by atoms with van der Waals surface area (Å²) in [5.41, 5.74) is 6.28. The van der Waals surface area contributed by atoms with Crippen LogP contribution in [0.3, 0.4) is 0 Å². The molecule has 4 nitrogen and oxygen atoms in total. The maximum Gasteiger partial charge on any atom is 0.322 e. The molecule has 1 aromatic heterocycles. The van der Waals surface area contributed by atoms with Crippen molar-refractivity contribution in [3.05, 3.63) is 119 Å². The van der Waals surface area contributed by atoms with Gasteiger partial charge in [0.2, 0.25) is 0 Å². The van der Waals surface area contributed by atoms with Crippen LogP contribution in [0.5, 0.6) is 0 Å². The van der Waals surface area contributed by atoms with Crippen molar-refractivity contribution in [3.8, 4) is 5.69 Å². The third kappa shape index (κ3) is 4.14. The van der Waals surface area contributed by atoms with E-state index in [1.165, 1.54) is 5.56 Å². The summed E-state index contributed by atoms with van der Waals surface area (Å²) in [5.74, 6) is 0.448. The van der Waals surface area contributed by atoms with E-state index in [0.717, 1.165) is 22.5 Å². The molecule has 0 saturated heterocycles. The van der Waals surface area contributed by atoms with Gasteiger partial charge in [-0.3, -0.25) is 0 Å². The van der Waals surface area contributed by atoms with E-state index < -0.39 is 0 Å². The van der Waals surface area contributed by atoms with Gasteiger partial charge in [-0.2, -0.15) is 0 Å². The highest BCUT2D eigenvalue weighted by molar-refractivity contribution is 6.30. The molecule has 0 aliphatic carbocycles. The second-order valence-corrected chi connectivity index (χ2v) is 9.16. The van der Waals surface area contributed by atoms with E-state index in [2.05, 4.69) is 72.4 Å². The van der Waals surface area contributed by atoms with E-state index in [1.54, 1.807) is 12.1 Å². The van der Waals surface area contributed by atoms with Gasteiger partial charge in [0, 0.05) is 22.6 Å². The fourth-order valence-electron chi connectivity index (χ4n) is 4.51. The maximum atomic E-state index is 13.7. The molecule has 1 N–H and O–H groups in total. The zero-order chi connectivity index (χ0) is 22.9. The second-order valence-electron chi connectivity index (χ2n) is 8.72. The molecule has 0 unspecified atom stereocenters. The standard InChI is InChI=1S/C28H26ClN3O/c1-19(2)20-12-14-21(15-13-20)27-26-11-6-16-31(26)25-10-4-3-7-22(25)18-32(27)28(33)30-24-9-5-8-23(29)17-24/h3-17,19,27H,18H2,1-2H3,(H,30,33)/t27-/m1/s1. The minimum absolute atomic E-state index is 0.167. The number of halogens is 1. The molecule has 0 radical (unpaired) electrons. The number of hydrogen-bond acceptors (Lipinski definition) is 1. The molecule has 1 aliphatic rings. The number of aromatic nitrogens is 1. The first-order valence-corrected chi connectivity index (χ1v) is 11.6. The van der Waals surface area contributed by atoms with Crippen molar-refractivity contribution in [2.24, 2.45) is 0 Å². The summed E-state index contributed by atoms with van der Waals surface area (Å²) >= 11 is 6.16. The molecule has 1 atom stereocenters. The Morgan fingerprint density at radius 2 is 1.76 bits per heavy atom. The monoisotopic (exact) mass is 455 g/mol. The lowest BCUT2D eigenvalue weighted by Crippen LogP contribution is -2.37. The van der Waals surface area contributed by atoms with E-state index in [0.29, 0.717) is 23.2 Å². The fraction of sp³-hybridized carbons (Fsp3) is 0.179. The number of nitrogens with zero attached hydrogens (tertiary/aromatic N) is 2. The highest BCUT2D eigenvalue weighted by Gasteiger charge is 2.33. The average molecular weight is 456 g/mol. The van der Waals surface area contributed by atoms with Gasteiger partial charge in [-0.15, -0.1) is 0 Å². The summed E-state index contributed by atoms with van der Waals surface area (Å²) in [6.45, 7) is 4.86. The number of hydrogen-bond donors (Lipinski definition) is 1. The lowest BCUT2D eigenvalue weighted by Gasteiger charge is -2.31. The number of nitrogens with one attached hydrogen (secondary N) is 1. The van der Waals surface area contributed by atoms with Gasteiger partial charge in [0.05, 0.1) is 18.3 Å². The number of rotatable bonds is 3. The molecule has 4 aromatic rings. The predicted molar refractivity (Wildman–Crippen MR) is 134 cm³/mol. The molecular formula is C28H26ClN3O. The minimum atomic E-state index is -0.243. The molecule has 0 spiro atoms. The number of amides is 2. The molecule has 5 rings (SSSR count). The van der Waals surface area contributed by atoms with Crippen LogP contribution in [0.4, 0.5) is 10.5 Å². The molecule has 0 bridgehead atoms. The molecule has 2 amide bonds. The van der Waals surface area contributed by atoms with Gasteiger partial charge in [-0.05, 0) is 59.0 Å². The number of fused-ring (bicyclic) bond motifs is 3. The van der Waals surface area contributed by atoms with E-state index in [-0.39, 0.29) is 12.1 Å². The molecule has 3 aromatic carbocycles. The Bertz CT molecular complexity index is 1290. The smallest absolute Gasteiger partial charge is 0.318 e. The molecule has 0 saturated carbocycles. The summed E-state index contributed by atoms with van der Waals surface area (Å²) in [5, 5.41) is 3.64. The van der Waals surface area contributed by atoms with Crippen LogP contribution in [0.15, 0.2) is 91.1 Å². The molecular weight excluding hydrogens is 430 g/mol. The van der Waals surface area contributed by atoms with Crippen LogP contribution in [0.25, 0.3) is 5.69 Å². The molecule has 0 fully saturated rings. The van der Waals surface area contributed by atoms with Gasteiger partial charge in [0.25, 0.3) is 0 Å². The minimum Gasteiger partial charge on any atom is -0.318 e. The number of benzene rings is 3. The highest BCUT2D eigenvalue weighted by Crippen LogP contribution is 2.37. The van der Waals surface area contributed by atoms with Gasteiger partial charge in [-0.25, -0.2) is 4.79 Å². The highest BCUT2D eigenvalue weighted by atomic mass is 35.5. The lowest BCUT2D eigenvalue weighted by atomic mass is 9.97. The number of carbonyl (C=O) groups is 1. The van der Waals surface area contributed by atoms with Crippen LogP contribution in [0.1, 0.15) is 48.2 Å². The number of para-hydroxylation sites is 1. The van der Waals surface area contributed by atoms with Crippen LogP contribution in [-0.4, -0.2) is 15.5 Å².